The fraction of sp³-hybridized carbons (Fsp3) is 0.346. The van der Waals surface area contributed by atoms with Gasteiger partial charge in [-0.15, -0.1) is 0 Å². The van der Waals surface area contributed by atoms with Crippen LogP contribution in [-0.2, 0) is 6.42 Å². The average Bonchev–Trinajstić information content (AvgIpc) is 3.37. The first-order valence-corrected chi connectivity index (χ1v) is 11.9. The zero-order valence-corrected chi connectivity index (χ0v) is 19.5. The van der Waals surface area contributed by atoms with Gasteiger partial charge in [-0.2, -0.15) is 0 Å². The molecule has 1 fully saturated rings. The summed E-state index contributed by atoms with van der Waals surface area (Å²) >= 11 is 0. The summed E-state index contributed by atoms with van der Waals surface area (Å²) in [5.74, 6) is 0.347. The first-order chi connectivity index (χ1) is 17.0. The van der Waals surface area contributed by atoms with Crippen LogP contribution in [0.2, 0.25) is 0 Å². The second-order valence-corrected chi connectivity index (χ2v) is 8.79. The number of hydrogen-bond donors (Lipinski definition) is 3. The summed E-state index contributed by atoms with van der Waals surface area (Å²) in [6.07, 6.45) is 5.52. The van der Waals surface area contributed by atoms with Gasteiger partial charge in [0.1, 0.15) is 12.1 Å². The predicted molar refractivity (Wildman–Crippen MR) is 132 cm³/mol. The van der Waals surface area contributed by atoms with Crippen LogP contribution in [0, 0.1) is 11.7 Å². The Morgan fingerprint density at radius 3 is 2.77 bits per heavy atom. The van der Waals surface area contributed by atoms with Crippen molar-refractivity contribution in [2.24, 2.45) is 5.92 Å². The van der Waals surface area contributed by atoms with Crippen LogP contribution >= 0.6 is 0 Å². The van der Waals surface area contributed by atoms with Gasteiger partial charge in [-0.3, -0.25) is 4.79 Å². The summed E-state index contributed by atoms with van der Waals surface area (Å²) in [4.78, 5) is 27.0. The summed E-state index contributed by atoms with van der Waals surface area (Å²) in [5, 5.41) is 11.9. The quantitative estimate of drug-likeness (QED) is 0.392. The van der Waals surface area contributed by atoms with Crippen molar-refractivity contribution in [2.75, 3.05) is 36.8 Å². The number of likely N-dealkylation sites (tertiary alicyclic amines) is 1. The number of halogens is 1. The number of hydrogen-bond acceptors (Lipinski definition) is 5. The number of piperidine rings is 1. The molecule has 1 aliphatic rings. The average molecular weight is 480 g/mol. The van der Waals surface area contributed by atoms with E-state index < -0.39 is 0 Å². The van der Waals surface area contributed by atoms with Crippen LogP contribution in [0.5, 0.6) is 0 Å². The van der Waals surface area contributed by atoms with Gasteiger partial charge in [-0.1, -0.05) is 23.4 Å². The molecule has 1 atom stereocenters. The molecule has 1 aromatic heterocycles. The number of rotatable bonds is 9. The Bertz CT molecular complexity index is 1100. The topological polar surface area (TPSA) is 99.5 Å². The number of benzene rings is 2. The Labute approximate surface area is 203 Å². The van der Waals surface area contributed by atoms with Crippen molar-refractivity contribution in [1.82, 2.24) is 15.4 Å². The number of carbonyl (C=O) groups is 2. The van der Waals surface area contributed by atoms with Gasteiger partial charge in [0.15, 0.2) is 5.82 Å². The lowest BCUT2D eigenvalue weighted by Gasteiger charge is -2.32. The van der Waals surface area contributed by atoms with Crippen LogP contribution in [0.25, 0.3) is 0 Å². The van der Waals surface area contributed by atoms with Gasteiger partial charge in [0, 0.05) is 30.4 Å². The minimum absolute atomic E-state index is 0.197. The third kappa shape index (κ3) is 7.65. The molecular weight excluding hydrogens is 449 g/mol. The van der Waals surface area contributed by atoms with Gasteiger partial charge < -0.3 is 25.4 Å². The number of amides is 3. The zero-order valence-electron chi connectivity index (χ0n) is 19.5. The highest BCUT2D eigenvalue weighted by Gasteiger charge is 2.20. The van der Waals surface area contributed by atoms with Crippen LogP contribution < -0.4 is 16.0 Å². The molecule has 184 valence electrons. The molecule has 3 amide bonds. The summed E-state index contributed by atoms with van der Waals surface area (Å²) in [7, 11) is 0. The zero-order chi connectivity index (χ0) is 24.5. The molecule has 35 heavy (non-hydrogen) atoms. The minimum atomic E-state index is -0.345. The minimum Gasteiger partial charge on any atom is -0.363 e. The Balaban J connectivity index is 1.16. The molecular formula is C26H30FN5O3. The third-order valence-electron chi connectivity index (χ3n) is 6.04. The van der Waals surface area contributed by atoms with E-state index in [0.29, 0.717) is 29.5 Å². The molecule has 0 unspecified atom stereocenters. The third-order valence-corrected chi connectivity index (χ3v) is 6.04. The van der Waals surface area contributed by atoms with E-state index in [2.05, 4.69) is 26.0 Å². The molecule has 1 saturated heterocycles. The highest BCUT2D eigenvalue weighted by molar-refractivity contribution is 6.04. The molecule has 0 radical (unpaired) electrons. The van der Waals surface area contributed by atoms with Crippen molar-refractivity contribution in [3.8, 4) is 0 Å². The van der Waals surface area contributed by atoms with E-state index in [9.17, 15) is 14.0 Å². The van der Waals surface area contributed by atoms with Gasteiger partial charge in [0.05, 0.1) is 0 Å². The van der Waals surface area contributed by atoms with E-state index in [4.69, 9.17) is 4.52 Å². The molecule has 2 aromatic carbocycles. The monoisotopic (exact) mass is 479 g/mol. The van der Waals surface area contributed by atoms with Crippen LogP contribution in [0.4, 0.5) is 20.7 Å². The Kier molecular flexibility index (Phi) is 8.45. The fourth-order valence-electron chi connectivity index (χ4n) is 4.36. The Hall–Kier alpha value is -3.72. The summed E-state index contributed by atoms with van der Waals surface area (Å²) < 4.78 is 17.8. The van der Waals surface area contributed by atoms with E-state index in [-0.39, 0.29) is 17.8 Å². The number of urea groups is 1. The van der Waals surface area contributed by atoms with Crippen molar-refractivity contribution < 1.29 is 18.5 Å². The normalized spacial score (nSPS) is 16.0. The van der Waals surface area contributed by atoms with E-state index >= 15 is 0 Å². The highest BCUT2D eigenvalue weighted by atomic mass is 19.1. The molecule has 3 aromatic rings. The van der Waals surface area contributed by atoms with Crippen molar-refractivity contribution >= 4 is 23.4 Å². The van der Waals surface area contributed by atoms with Crippen molar-refractivity contribution in [1.29, 1.82) is 0 Å². The van der Waals surface area contributed by atoms with E-state index in [1.165, 1.54) is 30.4 Å². The summed E-state index contributed by atoms with van der Waals surface area (Å²) in [5.41, 5.74) is 2.09. The lowest BCUT2D eigenvalue weighted by molar-refractivity contribution is 0.102. The lowest BCUT2D eigenvalue weighted by atomic mass is 9.91. The summed E-state index contributed by atoms with van der Waals surface area (Å²) in [6, 6.07) is 14.7. The van der Waals surface area contributed by atoms with Crippen LogP contribution in [0.3, 0.4) is 0 Å². The Morgan fingerprint density at radius 1 is 1.11 bits per heavy atom. The molecule has 3 N–H and O–H groups in total. The second-order valence-electron chi connectivity index (χ2n) is 8.79. The largest absolute Gasteiger partial charge is 0.363 e. The van der Waals surface area contributed by atoms with Crippen LogP contribution in [-0.4, -0.2) is 48.2 Å². The van der Waals surface area contributed by atoms with Gasteiger partial charge in [0.25, 0.3) is 5.91 Å². The van der Waals surface area contributed by atoms with E-state index in [1.54, 1.807) is 30.3 Å². The second kappa shape index (κ2) is 12.1. The van der Waals surface area contributed by atoms with E-state index in [0.717, 1.165) is 38.9 Å². The molecule has 0 saturated carbocycles. The molecule has 0 spiro atoms. The maximum Gasteiger partial charge on any atom is 0.319 e. The van der Waals surface area contributed by atoms with Crippen LogP contribution in [0.1, 0.15) is 35.2 Å². The standard InChI is InChI=1S/C26H30FN5O3/c27-22-9-7-19(8-10-22)16-20-4-2-13-32(18-20)14-3-12-28-26(34)29-23-6-1-5-21(17-23)25(33)30-24-11-15-35-31-24/h1,5-11,15,17,20H,2-4,12-14,16,18H2,(H2,28,29,34)(H,30,31,33)/t20-/m0/s1. The smallest absolute Gasteiger partial charge is 0.319 e. The number of carbonyl (C=O) groups excluding carboxylic acids is 2. The lowest BCUT2D eigenvalue weighted by Crippen LogP contribution is -2.38. The molecule has 0 bridgehead atoms. The number of aromatic nitrogens is 1. The number of anilines is 2. The van der Waals surface area contributed by atoms with Crippen molar-refractivity contribution in [2.45, 2.75) is 25.7 Å². The predicted octanol–water partition coefficient (Wildman–Crippen LogP) is 4.53. The maximum atomic E-state index is 13.1. The van der Waals surface area contributed by atoms with Gasteiger partial charge >= 0.3 is 6.03 Å². The van der Waals surface area contributed by atoms with Crippen molar-refractivity contribution in [3.63, 3.8) is 0 Å². The highest BCUT2D eigenvalue weighted by Crippen LogP contribution is 2.21. The van der Waals surface area contributed by atoms with Crippen molar-refractivity contribution in [3.05, 3.63) is 77.8 Å². The van der Waals surface area contributed by atoms with Gasteiger partial charge in [0.2, 0.25) is 0 Å². The molecule has 1 aliphatic heterocycles. The molecule has 9 heteroatoms. The first kappa shape index (κ1) is 24.4. The molecule has 0 aliphatic carbocycles. The number of nitrogens with zero attached hydrogens (tertiary/aromatic N) is 2. The fourth-order valence-corrected chi connectivity index (χ4v) is 4.36. The Morgan fingerprint density at radius 2 is 1.97 bits per heavy atom. The van der Waals surface area contributed by atoms with Gasteiger partial charge in [-0.25, -0.2) is 9.18 Å². The molecule has 8 nitrogen and oxygen atoms in total. The van der Waals surface area contributed by atoms with Crippen LogP contribution in [0.15, 0.2) is 65.4 Å². The SMILES string of the molecule is O=C(NCCCN1CCC[C@@H](Cc2ccc(F)cc2)C1)Nc1cccc(C(=O)Nc2ccon2)c1. The number of nitrogens with one attached hydrogen (secondary N) is 3. The first-order valence-electron chi connectivity index (χ1n) is 11.9. The molecule has 2 heterocycles. The van der Waals surface area contributed by atoms with Gasteiger partial charge in [-0.05, 0) is 80.6 Å². The molecule has 4 rings (SSSR count). The summed E-state index contributed by atoms with van der Waals surface area (Å²) in [6.45, 7) is 3.55. The van der Waals surface area contributed by atoms with E-state index in [1.807, 2.05) is 12.1 Å². The maximum absolute atomic E-state index is 13.1.